The maximum absolute atomic E-state index is 11.8. The molecule has 1 fully saturated rings. The van der Waals surface area contributed by atoms with E-state index in [0.29, 0.717) is 5.82 Å². The summed E-state index contributed by atoms with van der Waals surface area (Å²) in [4.78, 5) is 24.8. The van der Waals surface area contributed by atoms with Gasteiger partial charge in [-0.05, 0) is 25.0 Å². The topological polar surface area (TPSA) is 84.4 Å². The van der Waals surface area contributed by atoms with Gasteiger partial charge in [0.1, 0.15) is 5.82 Å². The van der Waals surface area contributed by atoms with Gasteiger partial charge in [-0.3, -0.25) is 4.79 Å². The van der Waals surface area contributed by atoms with E-state index in [1.807, 2.05) is 4.90 Å². The van der Waals surface area contributed by atoms with Gasteiger partial charge in [-0.25, -0.2) is 4.79 Å². The second kappa shape index (κ2) is 6.12. The minimum Gasteiger partial charge on any atom is -0.464 e. The fourth-order valence-electron chi connectivity index (χ4n) is 1.88. The summed E-state index contributed by atoms with van der Waals surface area (Å²) in [7, 11) is 1.28. The number of methoxy groups -OCH3 is 1. The number of likely N-dealkylation sites (tertiary alicyclic amines) is 1. The number of ether oxygens (including phenoxy) is 1. The molecule has 0 aliphatic carbocycles. The number of nitrogens with one attached hydrogen (secondary N) is 1. The van der Waals surface area contributed by atoms with Crippen LogP contribution in [0.1, 0.15) is 23.3 Å². The molecule has 0 aromatic carbocycles. The summed E-state index contributed by atoms with van der Waals surface area (Å²) in [5.74, 6) is -0.0243. The molecule has 2 rings (SSSR count). The van der Waals surface area contributed by atoms with Crippen molar-refractivity contribution < 1.29 is 14.3 Å². The molecule has 0 bridgehead atoms. The maximum atomic E-state index is 11.8. The Balaban J connectivity index is 1.85. The first-order valence-electron chi connectivity index (χ1n) is 6.14. The van der Waals surface area contributed by atoms with Gasteiger partial charge in [0, 0.05) is 13.1 Å². The molecule has 0 saturated carbocycles. The average molecular weight is 264 g/mol. The number of rotatable bonds is 4. The Morgan fingerprint density at radius 3 is 2.63 bits per heavy atom. The van der Waals surface area contributed by atoms with Crippen molar-refractivity contribution in [2.24, 2.45) is 0 Å². The molecule has 1 amide bonds. The van der Waals surface area contributed by atoms with E-state index in [0.717, 1.165) is 25.9 Å². The summed E-state index contributed by atoms with van der Waals surface area (Å²) in [5.41, 5.74) is 0.138. The van der Waals surface area contributed by atoms with Crippen molar-refractivity contribution in [1.29, 1.82) is 0 Å². The summed E-state index contributed by atoms with van der Waals surface area (Å²) in [6, 6.07) is 3.10. The first kappa shape index (κ1) is 13.3. The van der Waals surface area contributed by atoms with E-state index in [1.165, 1.54) is 13.2 Å². The number of aromatic nitrogens is 2. The molecule has 102 valence electrons. The average Bonchev–Trinajstić information content (AvgIpc) is 2.98. The van der Waals surface area contributed by atoms with Crippen molar-refractivity contribution in [3.8, 4) is 0 Å². The van der Waals surface area contributed by atoms with Crippen LogP contribution >= 0.6 is 0 Å². The molecule has 1 aliphatic rings. The fraction of sp³-hybridized carbons (Fsp3) is 0.500. The summed E-state index contributed by atoms with van der Waals surface area (Å²) in [6.07, 6.45) is 2.14. The predicted molar refractivity (Wildman–Crippen MR) is 67.7 cm³/mol. The highest BCUT2D eigenvalue weighted by Crippen LogP contribution is 2.08. The molecule has 0 atom stereocenters. The normalized spacial score (nSPS) is 14.3. The lowest BCUT2D eigenvalue weighted by molar-refractivity contribution is -0.128. The molecule has 7 nitrogen and oxygen atoms in total. The Kier molecular flexibility index (Phi) is 4.27. The van der Waals surface area contributed by atoms with Crippen molar-refractivity contribution in [3.63, 3.8) is 0 Å². The number of anilines is 1. The number of hydrogen-bond donors (Lipinski definition) is 1. The van der Waals surface area contributed by atoms with E-state index in [9.17, 15) is 9.59 Å². The first-order valence-corrected chi connectivity index (χ1v) is 6.14. The number of nitrogens with zero attached hydrogens (tertiary/aromatic N) is 3. The van der Waals surface area contributed by atoms with Gasteiger partial charge in [0.15, 0.2) is 5.69 Å². The van der Waals surface area contributed by atoms with Crippen molar-refractivity contribution in [3.05, 3.63) is 17.8 Å². The minimum absolute atomic E-state index is 0.0522. The van der Waals surface area contributed by atoms with Crippen LogP contribution < -0.4 is 5.32 Å². The molecule has 0 unspecified atom stereocenters. The third kappa shape index (κ3) is 3.40. The lowest BCUT2D eigenvalue weighted by atomic mass is 10.4. The standard InChI is InChI=1S/C12H16N4O3/c1-19-12(18)9-4-5-10(15-14-9)13-8-11(17)16-6-2-3-7-16/h4-5H,2-3,6-8H2,1H3,(H,13,15). The molecule has 1 aromatic heterocycles. The van der Waals surface area contributed by atoms with E-state index >= 15 is 0 Å². The highest BCUT2D eigenvalue weighted by molar-refractivity contribution is 5.87. The molecule has 0 radical (unpaired) electrons. The Labute approximate surface area is 110 Å². The van der Waals surface area contributed by atoms with Crippen molar-refractivity contribution in [1.82, 2.24) is 15.1 Å². The number of carbonyl (C=O) groups excluding carboxylic acids is 2. The summed E-state index contributed by atoms with van der Waals surface area (Å²) in [6.45, 7) is 1.84. The van der Waals surface area contributed by atoms with Crippen LogP contribution in [0.25, 0.3) is 0 Å². The highest BCUT2D eigenvalue weighted by Gasteiger charge is 2.17. The zero-order valence-corrected chi connectivity index (χ0v) is 10.8. The minimum atomic E-state index is -0.535. The monoisotopic (exact) mass is 264 g/mol. The van der Waals surface area contributed by atoms with E-state index in [4.69, 9.17) is 0 Å². The SMILES string of the molecule is COC(=O)c1ccc(NCC(=O)N2CCCC2)nn1. The fourth-order valence-corrected chi connectivity index (χ4v) is 1.88. The van der Waals surface area contributed by atoms with Crippen LogP contribution in [0, 0.1) is 0 Å². The van der Waals surface area contributed by atoms with Gasteiger partial charge < -0.3 is 15.0 Å². The van der Waals surface area contributed by atoms with Crippen LogP contribution in [0.2, 0.25) is 0 Å². The quantitative estimate of drug-likeness (QED) is 0.787. The molecule has 2 heterocycles. The highest BCUT2D eigenvalue weighted by atomic mass is 16.5. The van der Waals surface area contributed by atoms with Gasteiger partial charge in [0.2, 0.25) is 5.91 Å². The lowest BCUT2D eigenvalue weighted by Gasteiger charge is -2.15. The Morgan fingerprint density at radius 2 is 2.05 bits per heavy atom. The van der Waals surface area contributed by atoms with Crippen molar-refractivity contribution in [2.45, 2.75) is 12.8 Å². The van der Waals surface area contributed by atoms with Crippen LogP contribution in [0.15, 0.2) is 12.1 Å². The van der Waals surface area contributed by atoms with Gasteiger partial charge in [-0.1, -0.05) is 0 Å². The molecule has 19 heavy (non-hydrogen) atoms. The molecular formula is C12H16N4O3. The molecule has 1 aliphatic heterocycles. The van der Waals surface area contributed by atoms with Gasteiger partial charge >= 0.3 is 5.97 Å². The predicted octanol–water partition coefficient (Wildman–Crippen LogP) is 0.297. The van der Waals surface area contributed by atoms with E-state index < -0.39 is 5.97 Å². The number of carbonyl (C=O) groups is 2. The third-order valence-corrected chi connectivity index (χ3v) is 2.94. The second-order valence-electron chi connectivity index (χ2n) is 4.24. The van der Waals surface area contributed by atoms with Crippen molar-refractivity contribution >= 4 is 17.7 Å². The van der Waals surface area contributed by atoms with Gasteiger partial charge in [0.05, 0.1) is 13.7 Å². The summed E-state index contributed by atoms with van der Waals surface area (Å²) >= 11 is 0. The van der Waals surface area contributed by atoms with Crippen LogP contribution in [-0.2, 0) is 9.53 Å². The van der Waals surface area contributed by atoms with E-state index in [1.54, 1.807) is 6.07 Å². The van der Waals surface area contributed by atoms with Crippen LogP contribution in [0.4, 0.5) is 5.82 Å². The molecule has 7 heteroatoms. The van der Waals surface area contributed by atoms with Crippen LogP contribution in [0.5, 0.6) is 0 Å². The zero-order valence-electron chi connectivity index (χ0n) is 10.8. The maximum Gasteiger partial charge on any atom is 0.358 e. The Hall–Kier alpha value is -2.18. The zero-order chi connectivity index (χ0) is 13.7. The van der Waals surface area contributed by atoms with Gasteiger partial charge in [-0.15, -0.1) is 10.2 Å². The summed E-state index contributed by atoms with van der Waals surface area (Å²) < 4.78 is 4.52. The second-order valence-corrected chi connectivity index (χ2v) is 4.24. The van der Waals surface area contributed by atoms with Gasteiger partial charge in [0.25, 0.3) is 0 Å². The number of hydrogen-bond acceptors (Lipinski definition) is 6. The first-order chi connectivity index (χ1) is 9.20. The summed E-state index contributed by atoms with van der Waals surface area (Å²) in [5, 5.41) is 10.4. The van der Waals surface area contributed by atoms with Gasteiger partial charge in [-0.2, -0.15) is 0 Å². The largest absolute Gasteiger partial charge is 0.464 e. The lowest BCUT2D eigenvalue weighted by Crippen LogP contribution is -2.33. The van der Waals surface area contributed by atoms with Crippen molar-refractivity contribution in [2.75, 3.05) is 32.1 Å². The van der Waals surface area contributed by atoms with Crippen LogP contribution in [-0.4, -0.2) is 53.7 Å². The Bertz CT molecular complexity index is 455. The number of amides is 1. The molecule has 1 N–H and O–H groups in total. The van der Waals surface area contributed by atoms with Crippen LogP contribution in [0.3, 0.4) is 0 Å². The smallest absolute Gasteiger partial charge is 0.358 e. The molecule has 1 saturated heterocycles. The molecule has 1 aromatic rings. The van der Waals surface area contributed by atoms with E-state index in [-0.39, 0.29) is 18.1 Å². The molecule has 0 spiro atoms. The number of esters is 1. The third-order valence-electron chi connectivity index (χ3n) is 2.94. The van der Waals surface area contributed by atoms with E-state index in [2.05, 4.69) is 20.3 Å². The molecular weight excluding hydrogens is 248 g/mol. The Morgan fingerprint density at radius 1 is 1.32 bits per heavy atom.